The molecule has 0 atom stereocenters. The van der Waals surface area contributed by atoms with E-state index in [4.69, 9.17) is 9.47 Å². The molecule has 0 rings (SSSR count). The lowest BCUT2D eigenvalue weighted by atomic mass is 10.1. The van der Waals surface area contributed by atoms with Crippen LogP contribution in [0.25, 0.3) is 0 Å². The number of rotatable bonds is 7. The summed E-state index contributed by atoms with van der Waals surface area (Å²) in [4.78, 5) is 13.1. The van der Waals surface area contributed by atoms with E-state index < -0.39 is 0 Å². The van der Waals surface area contributed by atoms with Crippen molar-refractivity contribution in [2.24, 2.45) is 0 Å². The Kier molecular flexibility index (Phi) is 6.52. The molecule has 0 aromatic rings. The first-order valence-electron chi connectivity index (χ1n) is 5.30. The van der Waals surface area contributed by atoms with Crippen LogP contribution in [0.1, 0.15) is 27.2 Å². The van der Waals surface area contributed by atoms with Gasteiger partial charge in [-0.2, -0.15) is 0 Å². The fourth-order valence-corrected chi connectivity index (χ4v) is 1.07. The topological polar surface area (TPSA) is 38.8 Å². The van der Waals surface area contributed by atoms with Crippen molar-refractivity contribution >= 4 is 5.97 Å². The summed E-state index contributed by atoms with van der Waals surface area (Å²) in [5, 5.41) is 0. The van der Waals surface area contributed by atoms with Gasteiger partial charge in [0.25, 0.3) is 0 Å². The zero-order valence-electron chi connectivity index (χ0n) is 10.5. The summed E-state index contributed by atoms with van der Waals surface area (Å²) in [6.45, 7) is 7.48. The summed E-state index contributed by atoms with van der Waals surface area (Å²) in [7, 11) is 3.61. The molecule has 4 nitrogen and oxygen atoms in total. The SMILES string of the molecule is CCOC(=O)CN(C)CCC(C)(C)OC. The van der Waals surface area contributed by atoms with Gasteiger partial charge in [0.2, 0.25) is 0 Å². The van der Waals surface area contributed by atoms with Crippen LogP contribution in [0.3, 0.4) is 0 Å². The van der Waals surface area contributed by atoms with Crippen LogP contribution in [0, 0.1) is 0 Å². The van der Waals surface area contributed by atoms with E-state index in [-0.39, 0.29) is 11.6 Å². The number of esters is 1. The maximum absolute atomic E-state index is 11.2. The lowest BCUT2D eigenvalue weighted by Gasteiger charge is -2.25. The van der Waals surface area contributed by atoms with Crippen LogP contribution in [-0.2, 0) is 14.3 Å². The van der Waals surface area contributed by atoms with Gasteiger partial charge in [-0.1, -0.05) is 0 Å². The van der Waals surface area contributed by atoms with E-state index in [9.17, 15) is 4.79 Å². The summed E-state index contributed by atoms with van der Waals surface area (Å²) >= 11 is 0. The van der Waals surface area contributed by atoms with E-state index in [1.807, 2.05) is 32.7 Å². The van der Waals surface area contributed by atoms with Crippen LogP contribution >= 0.6 is 0 Å². The molecule has 0 bridgehead atoms. The molecule has 0 heterocycles. The maximum Gasteiger partial charge on any atom is 0.320 e. The van der Waals surface area contributed by atoms with Crippen LogP contribution in [-0.4, -0.2) is 50.3 Å². The third-order valence-electron chi connectivity index (χ3n) is 2.35. The van der Waals surface area contributed by atoms with E-state index in [2.05, 4.69) is 0 Å². The Hall–Kier alpha value is -0.610. The Labute approximate surface area is 92.5 Å². The van der Waals surface area contributed by atoms with Gasteiger partial charge in [0.05, 0.1) is 18.8 Å². The van der Waals surface area contributed by atoms with Gasteiger partial charge in [-0.15, -0.1) is 0 Å². The van der Waals surface area contributed by atoms with Crippen LogP contribution in [0.2, 0.25) is 0 Å². The average molecular weight is 217 g/mol. The van der Waals surface area contributed by atoms with Crippen molar-refractivity contribution in [2.45, 2.75) is 32.8 Å². The summed E-state index contributed by atoms with van der Waals surface area (Å²) in [5.74, 6) is -0.171. The van der Waals surface area contributed by atoms with Crippen LogP contribution in [0.15, 0.2) is 0 Å². The quantitative estimate of drug-likeness (QED) is 0.602. The molecule has 0 aromatic heterocycles. The van der Waals surface area contributed by atoms with Crippen LogP contribution < -0.4 is 0 Å². The van der Waals surface area contributed by atoms with Crippen LogP contribution in [0.4, 0.5) is 0 Å². The fraction of sp³-hybridized carbons (Fsp3) is 0.909. The summed E-state index contributed by atoms with van der Waals surface area (Å²) < 4.78 is 10.2. The fourth-order valence-electron chi connectivity index (χ4n) is 1.07. The molecular weight excluding hydrogens is 194 g/mol. The minimum Gasteiger partial charge on any atom is -0.465 e. The van der Waals surface area contributed by atoms with E-state index in [0.29, 0.717) is 13.2 Å². The second kappa shape index (κ2) is 6.80. The number of ether oxygens (including phenoxy) is 2. The monoisotopic (exact) mass is 217 g/mol. The van der Waals surface area contributed by atoms with E-state index in [1.54, 1.807) is 7.11 Å². The van der Waals surface area contributed by atoms with Gasteiger partial charge in [-0.25, -0.2) is 0 Å². The molecule has 0 spiro atoms. The molecule has 0 unspecified atom stereocenters. The summed E-state index contributed by atoms with van der Waals surface area (Å²) in [6, 6.07) is 0. The second-order valence-electron chi connectivity index (χ2n) is 4.26. The molecule has 0 saturated carbocycles. The molecule has 90 valence electrons. The first-order valence-corrected chi connectivity index (χ1v) is 5.30. The van der Waals surface area contributed by atoms with Crippen molar-refractivity contribution in [2.75, 3.05) is 33.9 Å². The number of hydrogen-bond donors (Lipinski definition) is 0. The number of carbonyl (C=O) groups is 1. The largest absolute Gasteiger partial charge is 0.465 e. The Balaban J connectivity index is 3.75. The van der Waals surface area contributed by atoms with Crippen molar-refractivity contribution in [3.05, 3.63) is 0 Å². The lowest BCUT2D eigenvalue weighted by Crippen LogP contribution is -2.33. The van der Waals surface area contributed by atoms with Gasteiger partial charge in [0.15, 0.2) is 0 Å². The molecule has 0 aliphatic rings. The first-order chi connectivity index (χ1) is 6.91. The van der Waals surface area contributed by atoms with Gasteiger partial charge in [-0.05, 0) is 34.2 Å². The molecule has 0 aromatic carbocycles. The smallest absolute Gasteiger partial charge is 0.320 e. The normalized spacial score (nSPS) is 11.9. The summed E-state index contributed by atoms with van der Waals surface area (Å²) in [5.41, 5.74) is -0.136. The molecule has 15 heavy (non-hydrogen) atoms. The minimum atomic E-state index is -0.171. The third kappa shape index (κ3) is 7.33. The van der Waals surface area contributed by atoms with Gasteiger partial charge >= 0.3 is 5.97 Å². The highest BCUT2D eigenvalue weighted by molar-refractivity contribution is 5.71. The molecule has 0 aliphatic heterocycles. The Morgan fingerprint density at radius 3 is 2.47 bits per heavy atom. The van der Waals surface area contributed by atoms with Crippen molar-refractivity contribution in [3.63, 3.8) is 0 Å². The number of hydrogen-bond acceptors (Lipinski definition) is 4. The molecule has 0 saturated heterocycles. The molecule has 0 N–H and O–H groups in total. The Morgan fingerprint density at radius 1 is 1.40 bits per heavy atom. The average Bonchev–Trinajstić information content (AvgIpc) is 2.15. The van der Waals surface area contributed by atoms with Crippen molar-refractivity contribution in [3.8, 4) is 0 Å². The predicted octanol–water partition coefficient (Wildman–Crippen LogP) is 1.30. The third-order valence-corrected chi connectivity index (χ3v) is 2.35. The summed E-state index contributed by atoms with van der Waals surface area (Å²) in [6.07, 6.45) is 0.888. The number of nitrogens with zero attached hydrogens (tertiary/aromatic N) is 1. The molecular formula is C11H23NO3. The predicted molar refractivity (Wildman–Crippen MR) is 59.8 cm³/mol. The zero-order valence-corrected chi connectivity index (χ0v) is 10.5. The van der Waals surface area contributed by atoms with Crippen LogP contribution in [0.5, 0.6) is 0 Å². The Morgan fingerprint density at radius 2 is 2.00 bits per heavy atom. The van der Waals surface area contributed by atoms with Gasteiger partial charge in [0.1, 0.15) is 0 Å². The van der Waals surface area contributed by atoms with Gasteiger partial charge in [-0.3, -0.25) is 9.69 Å². The van der Waals surface area contributed by atoms with Crippen molar-refractivity contribution in [1.82, 2.24) is 4.90 Å². The number of likely N-dealkylation sites (N-methyl/N-ethyl adjacent to an activating group) is 1. The highest BCUT2D eigenvalue weighted by atomic mass is 16.5. The number of methoxy groups -OCH3 is 1. The Bertz CT molecular complexity index is 192. The minimum absolute atomic E-state index is 0.136. The first kappa shape index (κ1) is 14.4. The lowest BCUT2D eigenvalue weighted by molar-refractivity contribution is -0.144. The molecule has 0 amide bonds. The van der Waals surface area contributed by atoms with E-state index >= 15 is 0 Å². The maximum atomic E-state index is 11.2. The molecule has 4 heteroatoms. The van der Waals surface area contributed by atoms with E-state index in [1.165, 1.54) is 0 Å². The number of carbonyl (C=O) groups excluding carboxylic acids is 1. The standard InChI is InChI=1S/C11H23NO3/c1-6-15-10(13)9-12(4)8-7-11(2,3)14-5/h6-9H2,1-5H3. The van der Waals surface area contributed by atoms with Crippen molar-refractivity contribution < 1.29 is 14.3 Å². The molecule has 0 fully saturated rings. The highest BCUT2D eigenvalue weighted by Crippen LogP contribution is 2.12. The molecule has 0 aliphatic carbocycles. The van der Waals surface area contributed by atoms with Gasteiger partial charge < -0.3 is 9.47 Å². The highest BCUT2D eigenvalue weighted by Gasteiger charge is 2.17. The van der Waals surface area contributed by atoms with E-state index in [0.717, 1.165) is 13.0 Å². The zero-order chi connectivity index (χ0) is 11.9. The molecule has 0 radical (unpaired) electrons. The second-order valence-corrected chi connectivity index (χ2v) is 4.26. The van der Waals surface area contributed by atoms with Gasteiger partial charge in [0, 0.05) is 13.7 Å². The van der Waals surface area contributed by atoms with Crippen molar-refractivity contribution in [1.29, 1.82) is 0 Å².